The van der Waals surface area contributed by atoms with E-state index in [4.69, 9.17) is 15.0 Å². The van der Waals surface area contributed by atoms with Gasteiger partial charge in [-0.1, -0.05) is 50.6 Å². The molecule has 2 heterocycles. The molecule has 8 nitrogen and oxygen atoms in total. The predicted molar refractivity (Wildman–Crippen MR) is 134 cm³/mol. The monoisotopic (exact) mass is 479 g/mol. The molecule has 35 heavy (non-hydrogen) atoms. The number of hydrogen-bond acceptors (Lipinski definition) is 6. The molecule has 0 radical (unpaired) electrons. The van der Waals surface area contributed by atoms with Crippen LogP contribution < -0.4 is 11.1 Å². The highest BCUT2D eigenvalue weighted by Crippen LogP contribution is 2.65. The SMILES string of the molecule is CC1(C)[C@@H]2C[C@H]3OB([C@H](CCCCN)NC(=O)Cn4ncnc4Cc4ccccc4)O[C@@]3(C)[C@H]1C2. The van der Waals surface area contributed by atoms with Gasteiger partial charge < -0.3 is 20.4 Å². The number of unbranched alkanes of at least 4 members (excludes halogenated alkanes) is 1. The van der Waals surface area contributed by atoms with Crippen molar-refractivity contribution in [3.8, 4) is 0 Å². The number of nitrogens with one attached hydrogen (secondary N) is 1. The molecule has 1 aliphatic heterocycles. The molecule has 3 aliphatic carbocycles. The Bertz CT molecular complexity index is 1030. The summed E-state index contributed by atoms with van der Waals surface area (Å²) in [5.74, 6) is 1.60. The van der Waals surface area contributed by atoms with Gasteiger partial charge in [0.05, 0.1) is 17.6 Å². The highest BCUT2D eigenvalue weighted by molar-refractivity contribution is 6.47. The second-order valence-electron chi connectivity index (χ2n) is 11.3. The predicted octanol–water partition coefficient (Wildman–Crippen LogP) is 2.75. The molecule has 188 valence electrons. The summed E-state index contributed by atoms with van der Waals surface area (Å²) in [4.78, 5) is 17.5. The van der Waals surface area contributed by atoms with Gasteiger partial charge in [-0.2, -0.15) is 5.10 Å². The first-order valence-electron chi connectivity index (χ1n) is 13.0. The molecule has 1 aromatic heterocycles. The topological polar surface area (TPSA) is 104 Å². The molecule has 2 aromatic rings. The first kappa shape index (κ1) is 24.5. The molecule has 4 fully saturated rings. The summed E-state index contributed by atoms with van der Waals surface area (Å²) in [5.41, 5.74) is 6.86. The lowest BCUT2D eigenvalue weighted by Crippen LogP contribution is -2.65. The molecule has 0 spiro atoms. The Hall–Kier alpha value is -2.23. The van der Waals surface area contributed by atoms with E-state index < -0.39 is 7.12 Å². The van der Waals surface area contributed by atoms with Crippen molar-refractivity contribution in [3.63, 3.8) is 0 Å². The quantitative estimate of drug-likeness (QED) is 0.401. The van der Waals surface area contributed by atoms with E-state index in [1.165, 1.54) is 12.7 Å². The Labute approximate surface area is 208 Å². The lowest BCUT2D eigenvalue weighted by atomic mass is 9.43. The van der Waals surface area contributed by atoms with Crippen molar-refractivity contribution in [1.29, 1.82) is 0 Å². The highest BCUT2D eigenvalue weighted by atomic mass is 16.7. The van der Waals surface area contributed by atoms with Crippen LogP contribution in [0.1, 0.15) is 64.3 Å². The van der Waals surface area contributed by atoms with Crippen LogP contribution in [0.2, 0.25) is 0 Å². The average molecular weight is 479 g/mol. The van der Waals surface area contributed by atoms with Crippen molar-refractivity contribution in [1.82, 2.24) is 20.1 Å². The first-order chi connectivity index (χ1) is 16.8. The van der Waals surface area contributed by atoms with Crippen LogP contribution in [0.25, 0.3) is 0 Å². The second-order valence-corrected chi connectivity index (χ2v) is 11.3. The number of aromatic nitrogens is 3. The summed E-state index contributed by atoms with van der Waals surface area (Å²) in [6.07, 6.45) is 7.04. The van der Waals surface area contributed by atoms with E-state index in [9.17, 15) is 4.79 Å². The Morgan fingerprint density at radius 2 is 2.06 bits per heavy atom. The third-order valence-corrected chi connectivity index (χ3v) is 8.81. The van der Waals surface area contributed by atoms with E-state index in [0.717, 1.165) is 37.1 Å². The van der Waals surface area contributed by atoms with E-state index in [-0.39, 0.29) is 35.5 Å². The van der Waals surface area contributed by atoms with Crippen LogP contribution in [0.4, 0.5) is 0 Å². The number of nitrogens with two attached hydrogens (primary N) is 1. The van der Waals surface area contributed by atoms with Crippen LogP contribution in [-0.4, -0.2) is 52.0 Å². The summed E-state index contributed by atoms with van der Waals surface area (Å²) in [6.45, 7) is 7.67. The molecular formula is C26H38BN5O3. The Balaban J connectivity index is 1.25. The average Bonchev–Trinajstić information content (AvgIpc) is 3.42. The van der Waals surface area contributed by atoms with E-state index >= 15 is 0 Å². The minimum absolute atomic E-state index is 0.0889. The molecule has 4 aliphatic rings. The van der Waals surface area contributed by atoms with Crippen molar-refractivity contribution >= 4 is 13.0 Å². The van der Waals surface area contributed by atoms with Crippen molar-refractivity contribution in [3.05, 3.63) is 48.0 Å². The Kier molecular flexibility index (Phi) is 6.76. The third-order valence-electron chi connectivity index (χ3n) is 8.81. The molecule has 6 rings (SSSR count). The normalized spacial score (nSPS) is 29.4. The first-order valence-corrected chi connectivity index (χ1v) is 13.0. The largest absolute Gasteiger partial charge is 0.481 e. The summed E-state index contributed by atoms with van der Waals surface area (Å²) in [5, 5.41) is 7.50. The van der Waals surface area contributed by atoms with Gasteiger partial charge in [0, 0.05) is 6.42 Å². The lowest BCUT2D eigenvalue weighted by molar-refractivity contribution is -0.199. The zero-order valence-electron chi connectivity index (χ0n) is 21.2. The maximum Gasteiger partial charge on any atom is 0.481 e. The van der Waals surface area contributed by atoms with E-state index in [1.807, 2.05) is 30.3 Å². The number of hydrogen-bond donors (Lipinski definition) is 2. The van der Waals surface area contributed by atoms with Gasteiger partial charge in [-0.05, 0) is 62.0 Å². The molecule has 1 saturated heterocycles. The summed E-state index contributed by atoms with van der Waals surface area (Å²) in [7, 11) is -0.443. The molecule has 5 atom stereocenters. The molecular weight excluding hydrogens is 441 g/mol. The molecule has 1 aromatic carbocycles. The smallest absolute Gasteiger partial charge is 0.404 e. The van der Waals surface area contributed by atoms with E-state index in [0.29, 0.717) is 24.8 Å². The fourth-order valence-corrected chi connectivity index (χ4v) is 6.58. The summed E-state index contributed by atoms with van der Waals surface area (Å²) >= 11 is 0. The van der Waals surface area contributed by atoms with Gasteiger partial charge in [0.2, 0.25) is 5.91 Å². The van der Waals surface area contributed by atoms with Gasteiger partial charge in [-0.3, -0.25) is 4.79 Å². The third kappa shape index (κ3) is 4.66. The molecule has 2 bridgehead atoms. The molecule has 3 N–H and O–H groups in total. The Morgan fingerprint density at radius 1 is 1.26 bits per heavy atom. The number of amides is 1. The van der Waals surface area contributed by atoms with Gasteiger partial charge in [-0.15, -0.1) is 0 Å². The number of nitrogens with zero attached hydrogens (tertiary/aromatic N) is 3. The van der Waals surface area contributed by atoms with Gasteiger partial charge in [0.15, 0.2) is 0 Å². The Morgan fingerprint density at radius 3 is 2.80 bits per heavy atom. The van der Waals surface area contributed by atoms with Crippen LogP contribution in [0.15, 0.2) is 36.7 Å². The molecule has 3 saturated carbocycles. The number of carbonyl (C=O) groups is 1. The van der Waals surface area contributed by atoms with E-state index in [1.54, 1.807) is 4.68 Å². The zero-order valence-corrected chi connectivity index (χ0v) is 21.2. The van der Waals surface area contributed by atoms with Gasteiger partial charge in [0.1, 0.15) is 18.7 Å². The van der Waals surface area contributed by atoms with Crippen LogP contribution >= 0.6 is 0 Å². The number of benzene rings is 1. The van der Waals surface area contributed by atoms with Gasteiger partial charge in [-0.25, -0.2) is 9.67 Å². The fraction of sp³-hybridized carbons (Fsp3) is 0.654. The van der Waals surface area contributed by atoms with Crippen molar-refractivity contribution < 1.29 is 14.1 Å². The van der Waals surface area contributed by atoms with Crippen LogP contribution in [0.3, 0.4) is 0 Å². The molecule has 9 heteroatoms. The van der Waals surface area contributed by atoms with Crippen LogP contribution in [0, 0.1) is 17.3 Å². The van der Waals surface area contributed by atoms with E-state index in [2.05, 4.69) is 36.2 Å². The van der Waals surface area contributed by atoms with Crippen molar-refractivity contribution in [2.24, 2.45) is 23.0 Å². The van der Waals surface area contributed by atoms with Crippen LogP contribution in [-0.2, 0) is 27.1 Å². The van der Waals surface area contributed by atoms with Gasteiger partial charge in [0.25, 0.3) is 0 Å². The lowest BCUT2D eigenvalue weighted by Gasteiger charge is -2.64. The summed E-state index contributed by atoms with van der Waals surface area (Å²) < 4.78 is 14.8. The molecule has 1 amide bonds. The maximum atomic E-state index is 13.1. The maximum absolute atomic E-state index is 13.1. The second kappa shape index (κ2) is 9.67. The zero-order chi connectivity index (χ0) is 24.6. The minimum Gasteiger partial charge on any atom is -0.404 e. The fourth-order valence-electron chi connectivity index (χ4n) is 6.58. The standard InChI is InChI=1S/C26H38BN5O3/c1-25(2)19-14-20(25)26(3)21(15-19)34-27(35-26)22(11-7-8-12-28)31-24(33)16-32-23(29-17-30-32)13-18-9-5-4-6-10-18/h4-6,9-10,17,19-22H,7-8,11-16,28H2,1-3H3,(H,31,33)/t19-,20-,21+,22-,26-/m0/s1. The number of carbonyl (C=O) groups excluding carboxylic acids is 1. The van der Waals surface area contributed by atoms with Crippen molar-refractivity contribution in [2.75, 3.05) is 6.54 Å². The summed E-state index contributed by atoms with van der Waals surface area (Å²) in [6, 6.07) is 10.1. The number of rotatable bonds is 10. The van der Waals surface area contributed by atoms with Crippen LogP contribution in [0.5, 0.6) is 0 Å². The van der Waals surface area contributed by atoms with Gasteiger partial charge >= 0.3 is 7.12 Å². The highest BCUT2D eigenvalue weighted by Gasteiger charge is 2.68. The molecule has 0 unspecified atom stereocenters. The van der Waals surface area contributed by atoms with Crippen molar-refractivity contribution in [2.45, 2.75) is 83.5 Å². The minimum atomic E-state index is -0.443.